The van der Waals surface area contributed by atoms with Crippen LogP contribution in [-0.4, -0.2) is 19.9 Å². The first kappa shape index (κ1) is 9.77. The van der Waals surface area contributed by atoms with Gasteiger partial charge in [-0.15, -0.1) is 0 Å². The Morgan fingerprint density at radius 1 is 1.47 bits per heavy atom. The Labute approximate surface area is 89.0 Å². The summed E-state index contributed by atoms with van der Waals surface area (Å²) < 4.78 is 10.5. The standard InChI is InChI=1S/C12H13NO2/c1-9-8-13-12-4-3-11(14-2)7-10(12)5-6-15-9/h3-4,7-8H,1,5-6H2,2H3. The minimum atomic E-state index is 0.608. The Bertz CT molecular complexity index is 410. The predicted octanol–water partition coefficient (Wildman–Crippen LogP) is 2.48. The molecule has 78 valence electrons. The second-order valence-electron chi connectivity index (χ2n) is 3.32. The van der Waals surface area contributed by atoms with E-state index in [1.807, 2.05) is 18.2 Å². The van der Waals surface area contributed by atoms with E-state index in [4.69, 9.17) is 9.47 Å². The number of aliphatic imine (C=N–C) groups is 1. The highest BCUT2D eigenvalue weighted by Crippen LogP contribution is 2.26. The average molecular weight is 203 g/mol. The molecule has 0 aliphatic carbocycles. The molecule has 0 bridgehead atoms. The monoisotopic (exact) mass is 203 g/mol. The van der Waals surface area contributed by atoms with E-state index >= 15 is 0 Å². The third-order valence-corrected chi connectivity index (χ3v) is 2.29. The number of ether oxygens (including phenoxy) is 2. The van der Waals surface area contributed by atoms with Gasteiger partial charge in [0.15, 0.2) is 0 Å². The van der Waals surface area contributed by atoms with Crippen LogP contribution in [-0.2, 0) is 11.2 Å². The molecule has 1 heterocycles. The smallest absolute Gasteiger partial charge is 0.130 e. The molecule has 15 heavy (non-hydrogen) atoms. The van der Waals surface area contributed by atoms with Crippen LogP contribution >= 0.6 is 0 Å². The third kappa shape index (κ3) is 2.18. The lowest BCUT2D eigenvalue weighted by Gasteiger charge is -2.12. The molecular formula is C12H13NO2. The van der Waals surface area contributed by atoms with Gasteiger partial charge < -0.3 is 9.47 Å². The van der Waals surface area contributed by atoms with Crippen molar-refractivity contribution < 1.29 is 9.47 Å². The maximum absolute atomic E-state index is 5.33. The van der Waals surface area contributed by atoms with Gasteiger partial charge in [0, 0.05) is 6.42 Å². The highest BCUT2D eigenvalue weighted by Gasteiger charge is 2.06. The number of hydrogen-bond acceptors (Lipinski definition) is 3. The lowest BCUT2D eigenvalue weighted by atomic mass is 10.1. The molecule has 0 aromatic heterocycles. The Morgan fingerprint density at radius 2 is 2.33 bits per heavy atom. The second-order valence-corrected chi connectivity index (χ2v) is 3.32. The van der Waals surface area contributed by atoms with Crippen molar-refractivity contribution in [3.8, 4) is 5.75 Å². The van der Waals surface area contributed by atoms with E-state index in [1.54, 1.807) is 13.3 Å². The lowest BCUT2D eigenvalue weighted by molar-refractivity contribution is 0.237. The Morgan fingerprint density at radius 3 is 3.13 bits per heavy atom. The topological polar surface area (TPSA) is 30.8 Å². The minimum absolute atomic E-state index is 0.608. The normalized spacial score (nSPS) is 14.9. The van der Waals surface area contributed by atoms with Crippen molar-refractivity contribution in [2.24, 2.45) is 4.99 Å². The summed E-state index contributed by atoms with van der Waals surface area (Å²) in [6, 6.07) is 5.84. The van der Waals surface area contributed by atoms with Crippen LogP contribution in [0.2, 0.25) is 0 Å². The van der Waals surface area contributed by atoms with Gasteiger partial charge in [-0.3, -0.25) is 4.99 Å². The fourth-order valence-electron chi connectivity index (χ4n) is 1.49. The summed E-state index contributed by atoms with van der Waals surface area (Å²) in [4.78, 5) is 4.30. The molecule has 1 aromatic carbocycles. The van der Waals surface area contributed by atoms with Gasteiger partial charge in [-0.05, 0) is 23.8 Å². The Kier molecular flexibility index (Phi) is 2.72. The fraction of sp³-hybridized carbons (Fsp3) is 0.250. The van der Waals surface area contributed by atoms with Crippen molar-refractivity contribution in [3.05, 3.63) is 36.1 Å². The van der Waals surface area contributed by atoms with Crippen molar-refractivity contribution in [2.45, 2.75) is 6.42 Å². The molecule has 0 amide bonds. The first-order chi connectivity index (χ1) is 7.29. The molecule has 2 rings (SSSR count). The molecule has 0 unspecified atom stereocenters. The van der Waals surface area contributed by atoms with Crippen LogP contribution in [0.3, 0.4) is 0 Å². The van der Waals surface area contributed by atoms with Gasteiger partial charge in [-0.1, -0.05) is 6.58 Å². The molecule has 0 saturated carbocycles. The van der Waals surface area contributed by atoms with Crippen molar-refractivity contribution in [2.75, 3.05) is 13.7 Å². The largest absolute Gasteiger partial charge is 0.497 e. The molecule has 0 radical (unpaired) electrons. The van der Waals surface area contributed by atoms with E-state index in [1.165, 1.54) is 0 Å². The number of allylic oxidation sites excluding steroid dienone is 1. The van der Waals surface area contributed by atoms with Crippen LogP contribution in [0.15, 0.2) is 35.5 Å². The summed E-state index contributed by atoms with van der Waals surface area (Å²) in [5.74, 6) is 1.46. The van der Waals surface area contributed by atoms with Gasteiger partial charge in [-0.25, -0.2) is 0 Å². The summed E-state index contributed by atoms with van der Waals surface area (Å²) in [6.07, 6.45) is 2.47. The van der Waals surface area contributed by atoms with Crippen LogP contribution in [0, 0.1) is 0 Å². The summed E-state index contributed by atoms with van der Waals surface area (Å²) in [6.45, 7) is 4.36. The van der Waals surface area contributed by atoms with Gasteiger partial charge in [-0.2, -0.15) is 0 Å². The summed E-state index contributed by atoms with van der Waals surface area (Å²) in [7, 11) is 1.66. The van der Waals surface area contributed by atoms with E-state index in [0.717, 1.165) is 23.4 Å². The maximum Gasteiger partial charge on any atom is 0.130 e. The van der Waals surface area contributed by atoms with Gasteiger partial charge >= 0.3 is 0 Å². The van der Waals surface area contributed by atoms with Crippen molar-refractivity contribution in [1.82, 2.24) is 0 Å². The molecule has 1 aliphatic heterocycles. The minimum Gasteiger partial charge on any atom is -0.497 e. The second kappa shape index (κ2) is 4.17. The molecule has 1 aromatic rings. The van der Waals surface area contributed by atoms with E-state index in [9.17, 15) is 0 Å². The quantitative estimate of drug-likeness (QED) is 0.702. The number of hydrogen-bond donors (Lipinski definition) is 0. The Hall–Kier alpha value is -1.77. The van der Waals surface area contributed by atoms with Gasteiger partial charge in [0.1, 0.15) is 11.5 Å². The van der Waals surface area contributed by atoms with Gasteiger partial charge in [0.2, 0.25) is 0 Å². The van der Waals surface area contributed by atoms with E-state index < -0.39 is 0 Å². The predicted molar refractivity (Wildman–Crippen MR) is 59.9 cm³/mol. The molecule has 0 atom stereocenters. The first-order valence-corrected chi connectivity index (χ1v) is 4.82. The SMILES string of the molecule is C=C1C=Nc2ccc(OC)cc2CCO1. The molecule has 3 heteroatoms. The first-order valence-electron chi connectivity index (χ1n) is 4.82. The molecule has 1 aliphatic rings. The lowest BCUT2D eigenvalue weighted by Crippen LogP contribution is -2.02. The Balaban J connectivity index is 2.38. The number of nitrogens with zero attached hydrogens (tertiary/aromatic N) is 1. The van der Waals surface area contributed by atoms with Gasteiger partial charge in [0.25, 0.3) is 0 Å². The van der Waals surface area contributed by atoms with Crippen molar-refractivity contribution >= 4 is 11.9 Å². The highest BCUT2D eigenvalue weighted by atomic mass is 16.5. The molecule has 0 saturated heterocycles. The number of benzene rings is 1. The highest BCUT2D eigenvalue weighted by molar-refractivity contribution is 5.78. The van der Waals surface area contributed by atoms with Gasteiger partial charge in [0.05, 0.1) is 25.6 Å². The number of rotatable bonds is 1. The van der Waals surface area contributed by atoms with Crippen LogP contribution in [0.25, 0.3) is 0 Å². The zero-order valence-corrected chi connectivity index (χ0v) is 8.69. The van der Waals surface area contributed by atoms with Crippen LogP contribution in [0.1, 0.15) is 5.56 Å². The molecule has 0 spiro atoms. The zero-order valence-electron chi connectivity index (χ0n) is 8.69. The van der Waals surface area contributed by atoms with E-state index in [2.05, 4.69) is 11.6 Å². The van der Waals surface area contributed by atoms with Crippen LogP contribution in [0.5, 0.6) is 5.75 Å². The average Bonchev–Trinajstić information content (AvgIpc) is 2.24. The fourth-order valence-corrected chi connectivity index (χ4v) is 1.49. The summed E-state index contributed by atoms with van der Waals surface area (Å²) in [5, 5.41) is 0. The summed E-state index contributed by atoms with van der Waals surface area (Å²) in [5.41, 5.74) is 2.10. The third-order valence-electron chi connectivity index (χ3n) is 2.29. The van der Waals surface area contributed by atoms with E-state index in [0.29, 0.717) is 12.4 Å². The molecular weight excluding hydrogens is 190 g/mol. The zero-order chi connectivity index (χ0) is 10.7. The van der Waals surface area contributed by atoms with Crippen LogP contribution in [0.4, 0.5) is 5.69 Å². The molecule has 0 fully saturated rings. The van der Waals surface area contributed by atoms with Crippen LogP contribution < -0.4 is 4.74 Å². The number of methoxy groups -OCH3 is 1. The van der Waals surface area contributed by atoms with E-state index in [-0.39, 0.29) is 0 Å². The number of fused-ring (bicyclic) bond motifs is 1. The molecule has 0 N–H and O–H groups in total. The van der Waals surface area contributed by atoms with Crippen molar-refractivity contribution in [3.63, 3.8) is 0 Å². The maximum atomic E-state index is 5.33. The van der Waals surface area contributed by atoms with Crippen molar-refractivity contribution in [1.29, 1.82) is 0 Å². The summed E-state index contributed by atoms with van der Waals surface area (Å²) >= 11 is 0. The molecule has 3 nitrogen and oxygen atoms in total.